The zero-order valence-electron chi connectivity index (χ0n) is 12.2. The number of benzene rings is 1. The predicted molar refractivity (Wildman–Crippen MR) is 77.5 cm³/mol. The van der Waals surface area contributed by atoms with Gasteiger partial charge in [-0.15, -0.1) is 0 Å². The van der Waals surface area contributed by atoms with Crippen LogP contribution in [-0.2, 0) is 0 Å². The molecule has 0 aromatic heterocycles. The standard InChI is InChI=1S/C16H25FN2/c1-11-6-12(2)10-19(9-11)16(8-18)14-4-5-15(17)13(3)7-14/h4-5,7,11-12,16H,6,8-10,18H2,1-3H3. The van der Waals surface area contributed by atoms with E-state index in [1.807, 2.05) is 19.1 Å². The van der Waals surface area contributed by atoms with Crippen molar-refractivity contribution in [1.29, 1.82) is 0 Å². The number of aryl methyl sites for hydroxylation is 1. The van der Waals surface area contributed by atoms with Gasteiger partial charge < -0.3 is 5.73 Å². The summed E-state index contributed by atoms with van der Waals surface area (Å²) in [4.78, 5) is 2.46. The number of hydrogen-bond acceptors (Lipinski definition) is 2. The predicted octanol–water partition coefficient (Wildman–Crippen LogP) is 3.11. The van der Waals surface area contributed by atoms with Gasteiger partial charge in [-0.05, 0) is 42.4 Å². The topological polar surface area (TPSA) is 29.3 Å². The molecule has 0 aliphatic carbocycles. The summed E-state index contributed by atoms with van der Waals surface area (Å²) in [5.74, 6) is 1.28. The van der Waals surface area contributed by atoms with E-state index in [0.717, 1.165) is 18.7 Å². The number of hydrogen-bond donors (Lipinski definition) is 1. The van der Waals surface area contributed by atoms with Crippen molar-refractivity contribution in [1.82, 2.24) is 4.90 Å². The van der Waals surface area contributed by atoms with E-state index in [9.17, 15) is 4.39 Å². The van der Waals surface area contributed by atoms with E-state index in [2.05, 4.69) is 18.7 Å². The van der Waals surface area contributed by atoms with Crippen LogP contribution in [0.5, 0.6) is 0 Å². The number of likely N-dealkylation sites (tertiary alicyclic amines) is 1. The van der Waals surface area contributed by atoms with E-state index in [1.165, 1.54) is 6.42 Å². The second-order valence-corrected chi connectivity index (χ2v) is 6.16. The number of halogens is 1. The van der Waals surface area contributed by atoms with Gasteiger partial charge in [-0.1, -0.05) is 26.0 Å². The molecule has 1 fully saturated rings. The third kappa shape index (κ3) is 3.34. The number of nitrogens with two attached hydrogens (primary N) is 1. The molecule has 0 amide bonds. The lowest BCUT2D eigenvalue weighted by Gasteiger charge is -2.40. The van der Waals surface area contributed by atoms with Crippen molar-refractivity contribution in [2.45, 2.75) is 33.2 Å². The van der Waals surface area contributed by atoms with Gasteiger partial charge in [0.1, 0.15) is 5.82 Å². The first-order valence-corrected chi connectivity index (χ1v) is 7.21. The Hall–Kier alpha value is -0.930. The number of nitrogens with zero attached hydrogens (tertiary/aromatic N) is 1. The van der Waals surface area contributed by atoms with Crippen LogP contribution in [0.25, 0.3) is 0 Å². The van der Waals surface area contributed by atoms with E-state index in [-0.39, 0.29) is 11.9 Å². The Morgan fingerprint density at radius 1 is 1.32 bits per heavy atom. The van der Waals surface area contributed by atoms with Crippen molar-refractivity contribution in [3.05, 3.63) is 35.1 Å². The van der Waals surface area contributed by atoms with Gasteiger partial charge in [-0.3, -0.25) is 4.90 Å². The van der Waals surface area contributed by atoms with E-state index in [1.54, 1.807) is 6.07 Å². The minimum atomic E-state index is -0.139. The summed E-state index contributed by atoms with van der Waals surface area (Å²) < 4.78 is 13.4. The summed E-state index contributed by atoms with van der Waals surface area (Å²) in [6, 6.07) is 5.59. The van der Waals surface area contributed by atoms with Crippen molar-refractivity contribution in [2.75, 3.05) is 19.6 Å². The van der Waals surface area contributed by atoms with Crippen LogP contribution in [0, 0.1) is 24.6 Å². The Morgan fingerprint density at radius 3 is 2.47 bits per heavy atom. The average Bonchev–Trinajstić information content (AvgIpc) is 2.33. The second-order valence-electron chi connectivity index (χ2n) is 6.16. The first kappa shape index (κ1) is 14.5. The molecule has 3 unspecified atom stereocenters. The summed E-state index contributed by atoms with van der Waals surface area (Å²) in [7, 11) is 0. The van der Waals surface area contributed by atoms with Gasteiger partial charge in [-0.2, -0.15) is 0 Å². The van der Waals surface area contributed by atoms with Crippen molar-refractivity contribution in [3.8, 4) is 0 Å². The molecule has 1 heterocycles. The molecule has 1 aliphatic heterocycles. The van der Waals surface area contributed by atoms with Crippen LogP contribution in [0.15, 0.2) is 18.2 Å². The smallest absolute Gasteiger partial charge is 0.126 e. The molecule has 1 aliphatic rings. The SMILES string of the molecule is Cc1cc(C(CN)N2CC(C)CC(C)C2)ccc1F. The Morgan fingerprint density at radius 2 is 1.95 bits per heavy atom. The van der Waals surface area contributed by atoms with Crippen LogP contribution in [0.1, 0.15) is 37.4 Å². The van der Waals surface area contributed by atoms with Gasteiger partial charge in [0.05, 0.1) is 0 Å². The molecule has 1 saturated heterocycles. The fourth-order valence-corrected chi connectivity index (χ4v) is 3.34. The van der Waals surface area contributed by atoms with Crippen LogP contribution < -0.4 is 5.73 Å². The first-order chi connectivity index (χ1) is 9.01. The minimum Gasteiger partial charge on any atom is -0.329 e. The Balaban J connectivity index is 2.21. The highest BCUT2D eigenvalue weighted by molar-refractivity contribution is 5.27. The summed E-state index contributed by atoms with van der Waals surface area (Å²) in [6.07, 6.45) is 1.29. The minimum absolute atomic E-state index is 0.139. The third-order valence-corrected chi connectivity index (χ3v) is 4.13. The van der Waals surface area contributed by atoms with E-state index < -0.39 is 0 Å². The van der Waals surface area contributed by atoms with Crippen LogP contribution in [0.4, 0.5) is 4.39 Å². The quantitative estimate of drug-likeness (QED) is 0.909. The molecule has 3 heteroatoms. The molecule has 1 aromatic carbocycles. The lowest BCUT2D eigenvalue weighted by Crippen LogP contribution is -2.43. The monoisotopic (exact) mass is 264 g/mol. The zero-order valence-corrected chi connectivity index (χ0v) is 12.2. The number of piperidine rings is 1. The van der Waals surface area contributed by atoms with Crippen LogP contribution >= 0.6 is 0 Å². The molecule has 0 bridgehead atoms. The maximum Gasteiger partial charge on any atom is 0.126 e. The van der Waals surface area contributed by atoms with Crippen molar-refractivity contribution >= 4 is 0 Å². The molecule has 1 aromatic rings. The molecule has 2 nitrogen and oxygen atoms in total. The first-order valence-electron chi connectivity index (χ1n) is 7.21. The summed E-state index contributed by atoms with van der Waals surface area (Å²) in [6.45, 7) is 9.17. The molecule has 19 heavy (non-hydrogen) atoms. The molecule has 2 N–H and O–H groups in total. The molecule has 2 rings (SSSR count). The molecule has 0 saturated carbocycles. The third-order valence-electron chi connectivity index (χ3n) is 4.13. The van der Waals surface area contributed by atoms with Gasteiger partial charge in [-0.25, -0.2) is 4.39 Å². The van der Waals surface area contributed by atoms with Gasteiger partial charge in [0.25, 0.3) is 0 Å². The Bertz CT molecular complexity index is 423. The van der Waals surface area contributed by atoms with E-state index >= 15 is 0 Å². The van der Waals surface area contributed by atoms with Crippen LogP contribution in [0.3, 0.4) is 0 Å². The van der Waals surface area contributed by atoms with Crippen LogP contribution in [0.2, 0.25) is 0 Å². The van der Waals surface area contributed by atoms with E-state index in [0.29, 0.717) is 23.9 Å². The molecule has 3 atom stereocenters. The molecule has 0 radical (unpaired) electrons. The van der Waals surface area contributed by atoms with Crippen molar-refractivity contribution < 1.29 is 4.39 Å². The average molecular weight is 264 g/mol. The van der Waals surface area contributed by atoms with Gasteiger partial charge in [0.15, 0.2) is 0 Å². The lowest BCUT2D eigenvalue weighted by molar-refractivity contribution is 0.0983. The highest BCUT2D eigenvalue weighted by Crippen LogP contribution is 2.29. The second kappa shape index (κ2) is 6.02. The van der Waals surface area contributed by atoms with Crippen LogP contribution in [-0.4, -0.2) is 24.5 Å². The lowest BCUT2D eigenvalue weighted by atomic mass is 9.89. The zero-order chi connectivity index (χ0) is 14.0. The fraction of sp³-hybridized carbons (Fsp3) is 0.625. The maximum absolute atomic E-state index is 13.4. The largest absolute Gasteiger partial charge is 0.329 e. The van der Waals surface area contributed by atoms with E-state index in [4.69, 9.17) is 5.73 Å². The number of rotatable bonds is 3. The maximum atomic E-state index is 13.4. The molecule has 0 spiro atoms. The summed E-state index contributed by atoms with van der Waals surface area (Å²) in [5, 5.41) is 0. The summed E-state index contributed by atoms with van der Waals surface area (Å²) in [5.41, 5.74) is 7.82. The van der Waals surface area contributed by atoms with Crippen molar-refractivity contribution in [2.24, 2.45) is 17.6 Å². The van der Waals surface area contributed by atoms with Gasteiger partial charge >= 0.3 is 0 Å². The normalized spacial score (nSPS) is 26.4. The highest BCUT2D eigenvalue weighted by Gasteiger charge is 2.27. The van der Waals surface area contributed by atoms with Crippen molar-refractivity contribution in [3.63, 3.8) is 0 Å². The fourth-order valence-electron chi connectivity index (χ4n) is 3.34. The molecule has 106 valence electrons. The Labute approximate surface area is 115 Å². The summed E-state index contributed by atoms with van der Waals surface area (Å²) >= 11 is 0. The highest BCUT2D eigenvalue weighted by atomic mass is 19.1. The van der Waals surface area contributed by atoms with Gasteiger partial charge in [0.2, 0.25) is 0 Å². The molecular weight excluding hydrogens is 239 g/mol. The Kier molecular flexibility index (Phi) is 4.58. The van der Waals surface area contributed by atoms with Gasteiger partial charge in [0, 0.05) is 25.7 Å². The molecular formula is C16H25FN2.